The van der Waals surface area contributed by atoms with Gasteiger partial charge >= 0.3 is 14.1 Å². The Bertz CT molecular complexity index is 2440. The van der Waals surface area contributed by atoms with Crippen LogP contribution in [0.1, 0.15) is 103 Å². The second-order valence-corrected chi connectivity index (χ2v) is 18.0. The number of imide groups is 2. The zero-order valence-corrected chi connectivity index (χ0v) is 44.0. The molecule has 0 saturated carbocycles. The Kier molecular flexibility index (Phi) is 24.0. The van der Waals surface area contributed by atoms with Gasteiger partial charge in [0.15, 0.2) is 23.0 Å². The number of amides is 4. The summed E-state index contributed by atoms with van der Waals surface area (Å²) < 4.78 is 27.4. The largest absolute Gasteiger partial charge is 0.507 e. The van der Waals surface area contributed by atoms with Gasteiger partial charge in [-0.2, -0.15) is 0 Å². The molecule has 4 aromatic rings. The van der Waals surface area contributed by atoms with Crippen LogP contribution in [0.3, 0.4) is 0 Å². The maximum atomic E-state index is 13.7. The van der Waals surface area contributed by atoms with Gasteiger partial charge in [0.1, 0.15) is 11.5 Å². The number of rotatable bonds is 26. The predicted octanol–water partition coefficient (Wildman–Crippen LogP) is 5.01. The molecule has 21 heteroatoms. The number of aromatic hydroxyl groups is 1. The SMILES string of the molecule is CN(C)CCCO.COc1ccc([C@@H](CCCNB(C)O)N2C(=O)c3cccc(O)c3C2=O)cc1OC.COc1ccc([C@@H](CCCNB(C)O)N2C(=O)c3cccc(OCCCN(C)C)c3C2=O)cc1OC. The van der Waals surface area contributed by atoms with E-state index < -0.39 is 38.0 Å². The van der Waals surface area contributed by atoms with Gasteiger partial charge in [0.2, 0.25) is 0 Å². The fourth-order valence-electron chi connectivity index (χ4n) is 8.42. The normalized spacial score (nSPS) is 13.5. The van der Waals surface area contributed by atoms with Crippen LogP contribution in [0.2, 0.25) is 13.6 Å². The number of ether oxygens (including phenoxy) is 5. The molecular weight excluding hydrogens is 938 g/mol. The highest BCUT2D eigenvalue weighted by Gasteiger charge is 2.44. The van der Waals surface area contributed by atoms with Gasteiger partial charge in [0.05, 0.1) is 69.4 Å². The summed E-state index contributed by atoms with van der Waals surface area (Å²) in [7, 11) is 12.8. The van der Waals surface area contributed by atoms with E-state index in [0.717, 1.165) is 31.5 Å². The summed E-state index contributed by atoms with van der Waals surface area (Å²) in [6.07, 6.45) is 3.87. The minimum atomic E-state index is -0.652. The molecule has 2 aliphatic rings. The third kappa shape index (κ3) is 16.1. The Balaban J connectivity index is 0.000000283. The molecule has 73 heavy (non-hydrogen) atoms. The van der Waals surface area contributed by atoms with E-state index in [9.17, 15) is 34.3 Å². The van der Waals surface area contributed by atoms with Gasteiger partial charge in [-0.15, -0.1) is 0 Å². The Morgan fingerprint density at radius 1 is 0.562 bits per heavy atom. The first-order valence-corrected chi connectivity index (χ1v) is 24.4. The summed E-state index contributed by atoms with van der Waals surface area (Å²) in [5.41, 5.74) is 2.33. The molecule has 2 aliphatic heterocycles. The van der Waals surface area contributed by atoms with Crippen LogP contribution in [0, 0.1) is 0 Å². The van der Waals surface area contributed by atoms with E-state index >= 15 is 0 Å². The fraction of sp³-hybridized carbons (Fsp3) is 0.462. The number of aliphatic hydroxyl groups is 1. The quantitative estimate of drug-likeness (QED) is 0.0276. The van der Waals surface area contributed by atoms with Crippen LogP contribution in [0.4, 0.5) is 0 Å². The van der Waals surface area contributed by atoms with Gasteiger partial charge in [-0.3, -0.25) is 29.0 Å². The van der Waals surface area contributed by atoms with E-state index in [1.165, 1.54) is 36.2 Å². The third-order valence-corrected chi connectivity index (χ3v) is 12.0. The lowest BCUT2D eigenvalue weighted by Gasteiger charge is -2.27. The number of fused-ring (bicyclic) bond motifs is 2. The molecule has 0 aliphatic carbocycles. The van der Waals surface area contributed by atoms with Crippen LogP contribution in [-0.4, -0.2) is 174 Å². The van der Waals surface area contributed by atoms with Gasteiger partial charge in [-0.25, -0.2) is 0 Å². The number of hydrogen-bond donors (Lipinski definition) is 6. The highest BCUT2D eigenvalue weighted by molar-refractivity contribution is 6.45. The van der Waals surface area contributed by atoms with Crippen molar-refractivity contribution in [3.8, 4) is 34.5 Å². The second kappa shape index (κ2) is 29.5. The number of aliphatic hydroxyl groups excluding tert-OH is 1. The molecule has 0 aromatic heterocycles. The first-order chi connectivity index (χ1) is 34.9. The standard InChI is InChI=1S/C26H36BN3O6.C21H25BN2O6.C5H13NO/c1-27(33)28-14-7-10-20(18-12-13-21(34-4)23(17-18)35-5)30-25(31)19-9-6-11-22(24(19)26(30)32)36-16-8-15-29(2)3;1-22(28)23-11-5-7-15(13-9-10-17(29-2)18(12-13)30-3)24-20(26)14-6-4-8-16(25)19(14)21(24)27;1-6(2)4-3-5-7/h6,9,11-13,17,20,28,33H,7-8,10,14-16H2,1-5H3;4,6,8-10,12,15,23,25,28H,5,7,11H2,1-3H3;7H,3-5H2,1-2H3/t20-;15-;/m11./s1. The zero-order valence-electron chi connectivity index (χ0n) is 44.0. The minimum Gasteiger partial charge on any atom is -0.507 e. The van der Waals surface area contributed by atoms with E-state index in [4.69, 9.17) is 28.8 Å². The molecule has 0 bridgehead atoms. The smallest absolute Gasteiger partial charge is 0.373 e. The number of carbonyl (C=O) groups is 4. The molecule has 0 saturated heterocycles. The lowest BCUT2D eigenvalue weighted by atomic mass is 9.88. The highest BCUT2D eigenvalue weighted by Crippen LogP contribution is 2.42. The van der Waals surface area contributed by atoms with Gasteiger partial charge < -0.3 is 64.2 Å². The third-order valence-electron chi connectivity index (χ3n) is 12.0. The van der Waals surface area contributed by atoms with E-state index in [0.29, 0.717) is 97.4 Å². The highest BCUT2D eigenvalue weighted by atomic mass is 16.5. The lowest BCUT2D eigenvalue weighted by Crippen LogP contribution is -2.35. The Labute approximate surface area is 430 Å². The van der Waals surface area contributed by atoms with Crippen molar-refractivity contribution < 1.29 is 63.1 Å². The topological polar surface area (TPSA) is 232 Å². The maximum Gasteiger partial charge on any atom is 0.373 e. The van der Waals surface area contributed by atoms with Crippen LogP contribution in [0.15, 0.2) is 72.8 Å². The number of phenolic OH excluding ortho intramolecular Hbond substituents is 1. The average Bonchev–Trinajstić information content (AvgIpc) is 3.78. The van der Waals surface area contributed by atoms with Crippen molar-refractivity contribution in [3.05, 3.63) is 106 Å². The molecule has 396 valence electrons. The second-order valence-electron chi connectivity index (χ2n) is 18.0. The first kappa shape index (κ1) is 59.4. The van der Waals surface area contributed by atoms with Crippen molar-refractivity contribution in [1.82, 2.24) is 30.1 Å². The van der Waals surface area contributed by atoms with E-state index in [1.54, 1.807) is 82.5 Å². The summed E-state index contributed by atoms with van der Waals surface area (Å²) in [5, 5.41) is 43.3. The summed E-state index contributed by atoms with van der Waals surface area (Å²) in [6, 6.07) is 19.2. The molecule has 0 spiro atoms. The van der Waals surface area contributed by atoms with Crippen molar-refractivity contribution in [1.29, 1.82) is 0 Å². The number of methoxy groups -OCH3 is 4. The lowest BCUT2D eigenvalue weighted by molar-refractivity contribution is 0.0555. The molecule has 6 rings (SSSR count). The maximum absolute atomic E-state index is 13.7. The Morgan fingerprint density at radius 2 is 1.00 bits per heavy atom. The number of benzene rings is 4. The number of hydrogen-bond acceptors (Lipinski definition) is 17. The predicted molar refractivity (Wildman–Crippen MR) is 281 cm³/mol. The van der Waals surface area contributed by atoms with Crippen LogP contribution in [0.5, 0.6) is 34.5 Å². The molecule has 6 N–H and O–H groups in total. The number of carbonyl (C=O) groups excluding carboxylic acids is 4. The van der Waals surface area contributed by atoms with Gasteiger partial charge in [0.25, 0.3) is 23.6 Å². The molecule has 0 unspecified atom stereocenters. The average molecular weight is 1010 g/mol. The molecule has 2 heterocycles. The first-order valence-electron chi connectivity index (χ1n) is 24.4. The van der Waals surface area contributed by atoms with Crippen molar-refractivity contribution in [2.75, 3.05) is 96.0 Å². The summed E-state index contributed by atoms with van der Waals surface area (Å²) in [6.45, 7) is 6.90. The Morgan fingerprint density at radius 3 is 1.41 bits per heavy atom. The zero-order chi connectivity index (χ0) is 53.8. The van der Waals surface area contributed by atoms with E-state index in [2.05, 4.69) is 20.3 Å². The van der Waals surface area contributed by atoms with Gasteiger partial charge in [-0.05, 0) is 160 Å². The molecule has 0 fully saturated rings. The minimum absolute atomic E-state index is 0.0232. The fourth-order valence-corrected chi connectivity index (χ4v) is 8.42. The van der Waals surface area contributed by atoms with Crippen molar-refractivity contribution in [2.45, 2.75) is 64.3 Å². The van der Waals surface area contributed by atoms with Crippen LogP contribution in [-0.2, 0) is 0 Å². The number of phenols is 1. The molecule has 4 amide bonds. The van der Waals surface area contributed by atoms with Crippen molar-refractivity contribution in [2.24, 2.45) is 0 Å². The Hall–Kier alpha value is -6.19. The number of nitrogens with one attached hydrogen (secondary N) is 2. The summed E-state index contributed by atoms with van der Waals surface area (Å²) in [4.78, 5) is 60.0. The molecule has 2 atom stereocenters. The van der Waals surface area contributed by atoms with Crippen LogP contribution < -0.4 is 34.1 Å². The molecular formula is C52H74B2N6O13. The molecule has 4 aromatic carbocycles. The number of nitrogens with zero attached hydrogens (tertiary/aromatic N) is 4. The van der Waals surface area contributed by atoms with Crippen LogP contribution >= 0.6 is 0 Å². The van der Waals surface area contributed by atoms with Crippen molar-refractivity contribution in [3.63, 3.8) is 0 Å². The van der Waals surface area contributed by atoms with Gasteiger partial charge in [0, 0.05) is 13.2 Å². The molecule has 19 nitrogen and oxygen atoms in total. The van der Waals surface area contributed by atoms with Gasteiger partial charge in [-0.1, -0.05) is 24.3 Å². The van der Waals surface area contributed by atoms with Crippen molar-refractivity contribution >= 4 is 37.7 Å². The monoisotopic (exact) mass is 1010 g/mol. The molecule has 0 radical (unpaired) electrons. The summed E-state index contributed by atoms with van der Waals surface area (Å²) in [5.74, 6) is 0.612. The van der Waals surface area contributed by atoms with Crippen LogP contribution in [0.25, 0.3) is 0 Å². The van der Waals surface area contributed by atoms with E-state index in [1.807, 2.05) is 34.3 Å². The summed E-state index contributed by atoms with van der Waals surface area (Å²) >= 11 is 0. The van der Waals surface area contributed by atoms with E-state index in [-0.39, 0.29) is 28.7 Å².